The number of hydrogen-bond donors (Lipinski definition) is 9. The van der Waals surface area contributed by atoms with Gasteiger partial charge in [0, 0.05) is 0 Å². The van der Waals surface area contributed by atoms with E-state index in [1.54, 1.807) is 36.4 Å². The average molecular weight is 1100 g/mol. The minimum atomic E-state index is -1.48. The van der Waals surface area contributed by atoms with Crippen molar-refractivity contribution in [2.24, 2.45) is 20.4 Å². The molecule has 4 aromatic carbocycles. The van der Waals surface area contributed by atoms with Gasteiger partial charge in [0.1, 0.15) is 39.3 Å². The zero-order chi connectivity index (χ0) is 61.9. The number of benzene rings is 4. The summed E-state index contributed by atoms with van der Waals surface area (Å²) in [5, 5.41) is 92.7. The van der Waals surface area contributed by atoms with E-state index in [-0.39, 0.29) is 50.4 Å². The summed E-state index contributed by atoms with van der Waals surface area (Å²) in [5.74, 6) is 33.6. The predicted molar refractivity (Wildman–Crippen MR) is 320 cm³/mol. The summed E-state index contributed by atoms with van der Waals surface area (Å²) in [6.07, 6.45) is 0. The molecule has 0 fully saturated rings. The molecule has 0 bridgehead atoms. The number of aromatic hydroxyl groups is 1. The van der Waals surface area contributed by atoms with Crippen LogP contribution in [0.5, 0.6) is 5.75 Å². The summed E-state index contributed by atoms with van der Waals surface area (Å²) in [6.45, 7) is 35.6. The Kier molecular flexibility index (Phi) is 19.3. The van der Waals surface area contributed by atoms with Crippen LogP contribution in [0.2, 0.25) is 0 Å². The molecular weight excluding hydrogens is 1020 g/mol. The van der Waals surface area contributed by atoms with Gasteiger partial charge in [0.05, 0.1) is 44.8 Å². The first kappa shape index (κ1) is 65.7. The molecule has 81 heavy (non-hydrogen) atoms. The Morgan fingerprint density at radius 2 is 0.580 bits per heavy atom. The second-order valence-corrected chi connectivity index (χ2v) is 26.1. The molecule has 0 radical (unpaired) electrons. The summed E-state index contributed by atoms with van der Waals surface area (Å²) in [4.78, 5) is 30.0. The van der Waals surface area contributed by atoms with Crippen LogP contribution >= 0.6 is 0 Å². The highest BCUT2D eigenvalue weighted by Gasteiger charge is 2.25. The van der Waals surface area contributed by atoms with Gasteiger partial charge in [-0.1, -0.05) is 133 Å². The summed E-state index contributed by atoms with van der Waals surface area (Å²) in [5.41, 5.74) is -4.09. The Balaban J connectivity index is 2.37. The molecule has 0 aliphatic rings. The first-order valence-corrected chi connectivity index (χ1v) is 26.2. The van der Waals surface area contributed by atoms with Gasteiger partial charge in [-0.15, -0.1) is 10.2 Å². The molecule has 0 amide bonds. The van der Waals surface area contributed by atoms with E-state index in [1.165, 1.54) is 83.1 Å². The topological polar surface area (TPSA) is 249 Å². The largest absolute Gasteiger partial charge is 0.504 e. The van der Waals surface area contributed by atoms with E-state index in [0.717, 1.165) is 16.7 Å². The maximum atomic E-state index is 15.0. The van der Waals surface area contributed by atoms with Gasteiger partial charge in [0.15, 0.2) is 22.2 Å². The van der Waals surface area contributed by atoms with Gasteiger partial charge in [-0.2, -0.15) is 10.2 Å². The number of phenolic OH excluding ortho intramolecular Hbond substituents is 1. The highest BCUT2D eigenvalue weighted by atomic mass is 16.3. The van der Waals surface area contributed by atoms with Crippen molar-refractivity contribution >= 4 is 22.7 Å². The van der Waals surface area contributed by atoms with Crippen molar-refractivity contribution in [2.75, 3.05) is 10.9 Å². The van der Waals surface area contributed by atoms with Gasteiger partial charge in [-0.25, -0.2) is 0 Å². The lowest BCUT2D eigenvalue weighted by Crippen LogP contribution is -2.48. The minimum absolute atomic E-state index is 0.0253. The molecule has 0 spiro atoms. The van der Waals surface area contributed by atoms with Crippen molar-refractivity contribution in [1.29, 1.82) is 0 Å². The molecule has 426 valence electrons. The van der Waals surface area contributed by atoms with Gasteiger partial charge in [-0.3, -0.25) is 20.4 Å². The van der Waals surface area contributed by atoms with Crippen LogP contribution in [0.3, 0.4) is 0 Å². The quantitative estimate of drug-likeness (QED) is 0.0510. The summed E-state index contributed by atoms with van der Waals surface area (Å²) < 4.78 is 0. The molecule has 0 unspecified atom stereocenters. The number of azo groups is 1. The van der Waals surface area contributed by atoms with Gasteiger partial charge < -0.3 is 35.7 Å². The normalized spacial score (nSPS) is 13.0. The van der Waals surface area contributed by atoms with Crippen molar-refractivity contribution in [3.8, 4) is 76.8 Å². The van der Waals surface area contributed by atoms with Crippen LogP contribution in [0.1, 0.15) is 195 Å². The van der Waals surface area contributed by atoms with Crippen molar-refractivity contribution in [2.45, 2.75) is 195 Å². The second-order valence-electron chi connectivity index (χ2n) is 26.1. The number of hydrogen-bond acceptors (Lipinski definition) is 15. The van der Waals surface area contributed by atoms with Crippen LogP contribution in [-0.4, -0.2) is 69.4 Å². The number of anilines is 2. The molecule has 0 aromatic heterocycles. The zero-order valence-electron chi connectivity index (χ0n) is 50.7. The molecule has 15 nitrogen and oxygen atoms in total. The molecule has 4 rings (SSSR count). The Hall–Kier alpha value is -7.80. The third kappa shape index (κ3) is 20.1. The molecule has 0 heterocycles. The van der Waals surface area contributed by atoms with E-state index >= 15 is 0 Å². The fourth-order valence-electron chi connectivity index (χ4n) is 6.75. The summed E-state index contributed by atoms with van der Waals surface area (Å²) in [6, 6.07) is 10.4. The Bertz CT molecular complexity index is 3640. The number of aliphatic hydroxyl groups is 6. The van der Waals surface area contributed by atoms with E-state index < -0.39 is 82.9 Å². The van der Waals surface area contributed by atoms with E-state index in [9.17, 15) is 45.3 Å². The third-order valence-electron chi connectivity index (χ3n) is 11.1. The van der Waals surface area contributed by atoms with Crippen LogP contribution in [0, 0.1) is 71.0 Å². The van der Waals surface area contributed by atoms with E-state index in [1.807, 2.05) is 62.3 Å². The highest BCUT2D eigenvalue weighted by molar-refractivity contribution is 5.72. The fraction of sp³-hybridized carbons (Fsp3) is 0.455. The molecule has 0 aliphatic heterocycles. The van der Waals surface area contributed by atoms with Gasteiger partial charge in [0.2, 0.25) is 10.9 Å². The molecule has 4 aromatic rings. The van der Waals surface area contributed by atoms with E-state index in [4.69, 9.17) is 0 Å². The maximum Gasteiger partial charge on any atom is 0.241 e. The first-order chi connectivity index (χ1) is 36.5. The Labute approximate surface area is 477 Å². The van der Waals surface area contributed by atoms with E-state index in [2.05, 4.69) is 102 Å². The molecule has 0 aliphatic carbocycles. The molecule has 0 saturated heterocycles. The van der Waals surface area contributed by atoms with Crippen molar-refractivity contribution in [1.82, 2.24) is 0 Å². The maximum absolute atomic E-state index is 15.0. The van der Waals surface area contributed by atoms with Gasteiger partial charge in [-0.05, 0) is 152 Å². The molecule has 15 heteroatoms. The van der Waals surface area contributed by atoms with Crippen LogP contribution in [-0.2, 0) is 16.2 Å². The standard InChI is InChI=1S/C66H78N6O9/c1-58(2,3)46-34-40(22-28-61(10,11)76)49(41(35-46)23-29-62(12,13)77)67-70-52-55(73)53(71-68-50-42(24-30-63(14,15)78)36-47(59(4,5)6)37-43(50)25-31-64(16,17)79)57(75)54(56(52)74)72-69-51-44(26-32-65(18,19)80)38-48(60(7,8)9)39-45(51)27-33-66(20,21)81/h34-39,67-68,74,76-81H,1-21H3/b70-52+,71-53-,72-69?. The molecular formula is C66H78N6O9. The van der Waals surface area contributed by atoms with Crippen molar-refractivity contribution < 1.29 is 35.7 Å². The first-order valence-electron chi connectivity index (χ1n) is 26.2. The monoisotopic (exact) mass is 1100 g/mol. The SMILES string of the molecule is CC(C)(O)C#Cc1cc(C(C)(C)C)cc(C#CC(C)(C)O)c1N=Nc1c(O)/c(=N/Nc2c(C#CC(C)(C)O)cc(C(C)(C)C)cc2C#CC(C)(C)O)c(=O)/c(=N/Nc2c(C#CC(C)(C)O)cc(C(C)(C)C)cc2C#CC(C)(C)O)c1=O. The smallest absolute Gasteiger partial charge is 0.241 e. The predicted octanol–water partition coefficient (Wildman–Crippen LogP) is 7.89. The molecule has 0 saturated carbocycles. The summed E-state index contributed by atoms with van der Waals surface area (Å²) >= 11 is 0. The second kappa shape index (κ2) is 23.7. The number of nitrogens with one attached hydrogen (secondary N) is 2. The van der Waals surface area contributed by atoms with Gasteiger partial charge >= 0.3 is 0 Å². The third-order valence-corrected chi connectivity index (χ3v) is 11.1. The lowest BCUT2D eigenvalue weighted by atomic mass is 9.84. The Morgan fingerprint density at radius 1 is 0.346 bits per heavy atom. The minimum Gasteiger partial charge on any atom is -0.504 e. The summed E-state index contributed by atoms with van der Waals surface area (Å²) in [7, 11) is 0. The lowest BCUT2D eigenvalue weighted by molar-refractivity contribution is 0.143. The van der Waals surface area contributed by atoms with Crippen LogP contribution in [0.15, 0.2) is 66.4 Å². The van der Waals surface area contributed by atoms with Crippen LogP contribution in [0.25, 0.3) is 0 Å². The number of nitrogens with zero attached hydrogens (tertiary/aromatic N) is 4. The Morgan fingerprint density at radius 3 is 0.840 bits per heavy atom. The van der Waals surface area contributed by atoms with E-state index in [0.29, 0.717) is 0 Å². The average Bonchev–Trinajstić information content (AvgIpc) is 3.27. The fourth-order valence-corrected chi connectivity index (χ4v) is 6.75. The highest BCUT2D eigenvalue weighted by Crippen LogP contribution is 2.35. The molecule has 9 N–H and O–H groups in total. The molecule has 0 atom stereocenters. The van der Waals surface area contributed by atoms with Crippen LogP contribution < -0.4 is 32.4 Å². The number of rotatable bonds is 6. The number of phenols is 1. The lowest BCUT2D eigenvalue weighted by Gasteiger charge is -2.21. The van der Waals surface area contributed by atoms with Gasteiger partial charge in [0.25, 0.3) is 0 Å². The van der Waals surface area contributed by atoms with Crippen LogP contribution in [0.4, 0.5) is 22.7 Å². The van der Waals surface area contributed by atoms with Crippen molar-refractivity contribution in [3.63, 3.8) is 0 Å². The zero-order valence-corrected chi connectivity index (χ0v) is 50.7. The van der Waals surface area contributed by atoms with Crippen molar-refractivity contribution in [3.05, 3.63) is 118 Å².